The summed E-state index contributed by atoms with van der Waals surface area (Å²) < 4.78 is 1.54. The zero-order valence-electron chi connectivity index (χ0n) is 19.7. The molecule has 2 amide bonds. The van der Waals surface area contributed by atoms with Crippen molar-refractivity contribution in [1.29, 1.82) is 0 Å². The molecular weight excluding hydrogens is 542 g/mol. The van der Waals surface area contributed by atoms with Crippen molar-refractivity contribution in [3.63, 3.8) is 0 Å². The summed E-state index contributed by atoms with van der Waals surface area (Å²) in [6.07, 6.45) is 1.35. The molecule has 1 saturated heterocycles. The van der Waals surface area contributed by atoms with Gasteiger partial charge in [0.2, 0.25) is 5.16 Å². The molecule has 0 spiro atoms. The molecule has 0 radical (unpaired) electrons. The van der Waals surface area contributed by atoms with Crippen LogP contribution in [0.5, 0.6) is 0 Å². The Balaban J connectivity index is 1.49. The van der Waals surface area contributed by atoms with Crippen LogP contribution in [-0.4, -0.2) is 87.7 Å². The number of thioether (sulfide) groups is 2. The monoisotopic (exact) mass is 565 g/mol. The summed E-state index contributed by atoms with van der Waals surface area (Å²) in [4.78, 5) is 48.7. The molecule has 2 aliphatic rings. The van der Waals surface area contributed by atoms with Gasteiger partial charge in [0.25, 0.3) is 11.8 Å². The number of allylic oxidation sites excluding steroid dienone is 1. The van der Waals surface area contributed by atoms with E-state index < -0.39 is 29.2 Å². The summed E-state index contributed by atoms with van der Waals surface area (Å²) in [6.45, 7) is 7.56. The number of carbonyl (C=O) groups is 3. The minimum Gasteiger partial charge on any atom is -0.477 e. The minimum atomic E-state index is -1.23. The largest absolute Gasteiger partial charge is 0.477 e. The second-order valence-electron chi connectivity index (χ2n) is 8.00. The third-order valence-corrected chi connectivity index (χ3v) is 8.10. The van der Waals surface area contributed by atoms with Crippen LogP contribution >= 0.6 is 34.9 Å². The number of carboxylic acids is 1. The van der Waals surface area contributed by atoms with E-state index in [1.54, 1.807) is 25.3 Å². The van der Waals surface area contributed by atoms with Crippen molar-refractivity contribution >= 4 is 63.5 Å². The number of aliphatic carboxylic acids is 1. The van der Waals surface area contributed by atoms with Gasteiger partial charge in [-0.05, 0) is 29.8 Å². The number of carbonyl (C=O) groups excluding carboxylic acids is 2. The second kappa shape index (κ2) is 11.3. The minimum absolute atomic E-state index is 0.0983. The molecule has 0 bridgehead atoms. The number of tetrazole rings is 1. The number of nitrogens with zero attached hydrogens (tertiary/aromatic N) is 7. The summed E-state index contributed by atoms with van der Waals surface area (Å²) in [5.74, 6) is -1.83. The van der Waals surface area contributed by atoms with Crippen molar-refractivity contribution in [1.82, 2.24) is 35.4 Å². The highest BCUT2D eigenvalue weighted by molar-refractivity contribution is 8.01. The Bertz CT molecular complexity index is 1290. The van der Waals surface area contributed by atoms with Crippen molar-refractivity contribution in [2.24, 2.45) is 5.16 Å². The smallest absolute Gasteiger partial charge is 0.352 e. The maximum absolute atomic E-state index is 13.0. The van der Waals surface area contributed by atoms with Crippen LogP contribution in [0.15, 0.2) is 39.6 Å². The number of aromatic nitrogens is 5. The number of oxime groups is 1. The number of thiazole rings is 1. The number of carboxylic acid groups (broad SMARTS) is 1. The van der Waals surface area contributed by atoms with Crippen LogP contribution in [-0.2, 0) is 25.8 Å². The van der Waals surface area contributed by atoms with E-state index in [1.807, 2.05) is 0 Å². The van der Waals surface area contributed by atoms with Gasteiger partial charge in [-0.3, -0.25) is 14.5 Å². The maximum atomic E-state index is 13.0. The Kier molecular flexibility index (Phi) is 8.13. The molecule has 2 aromatic heterocycles. The van der Waals surface area contributed by atoms with Crippen molar-refractivity contribution in [3.05, 3.63) is 35.0 Å². The van der Waals surface area contributed by atoms with E-state index >= 15 is 0 Å². The Labute approximate surface area is 223 Å². The zero-order valence-corrected chi connectivity index (χ0v) is 22.2. The molecule has 37 heavy (non-hydrogen) atoms. The van der Waals surface area contributed by atoms with E-state index in [1.165, 1.54) is 33.1 Å². The topological polar surface area (TPSA) is 191 Å². The van der Waals surface area contributed by atoms with Crippen molar-refractivity contribution in [2.45, 2.75) is 43.1 Å². The molecule has 0 aromatic carbocycles. The molecule has 0 saturated carbocycles. The molecule has 4 N–H and O–H groups in total. The number of nitrogens with two attached hydrogens (primary N) is 1. The van der Waals surface area contributed by atoms with Gasteiger partial charge in [0.15, 0.2) is 10.8 Å². The van der Waals surface area contributed by atoms with Gasteiger partial charge < -0.3 is 21.0 Å². The van der Waals surface area contributed by atoms with E-state index in [9.17, 15) is 19.5 Å². The first kappa shape index (κ1) is 26.6. The highest BCUT2D eigenvalue weighted by Gasteiger charge is 2.54. The van der Waals surface area contributed by atoms with Crippen LogP contribution in [0.25, 0.3) is 0 Å². The molecule has 2 aliphatic heterocycles. The SMILES string of the molecule is C=CCn1nnnc1SCC1=C(C(=O)O)N2C(=O)C(NC(=O)/C(=N\OC(C)C)c3csc(N)n3)[C@H]2SC1. The second-order valence-corrected chi connectivity index (χ2v) is 10.9. The van der Waals surface area contributed by atoms with Gasteiger partial charge >= 0.3 is 5.97 Å². The molecule has 14 nitrogen and oxygen atoms in total. The summed E-state index contributed by atoms with van der Waals surface area (Å²) in [7, 11) is 0. The van der Waals surface area contributed by atoms with Crippen LogP contribution in [0.4, 0.5) is 5.13 Å². The first-order valence-corrected chi connectivity index (χ1v) is 13.8. The lowest BCUT2D eigenvalue weighted by Gasteiger charge is -2.49. The lowest BCUT2D eigenvalue weighted by Crippen LogP contribution is -2.71. The molecule has 1 unspecified atom stereocenters. The number of amides is 2. The number of nitrogens with one attached hydrogen (secondary N) is 1. The molecule has 2 aromatic rings. The van der Waals surface area contributed by atoms with Gasteiger partial charge in [-0.1, -0.05) is 23.0 Å². The van der Waals surface area contributed by atoms with Crippen molar-refractivity contribution in [2.75, 3.05) is 17.2 Å². The van der Waals surface area contributed by atoms with Crippen LogP contribution in [0.2, 0.25) is 0 Å². The summed E-state index contributed by atoms with van der Waals surface area (Å²) in [6, 6.07) is -0.943. The average Bonchev–Trinajstić information content (AvgIpc) is 3.49. The summed E-state index contributed by atoms with van der Waals surface area (Å²) in [5.41, 5.74) is 6.23. The Morgan fingerprint density at radius 3 is 2.92 bits per heavy atom. The molecule has 17 heteroatoms. The van der Waals surface area contributed by atoms with Gasteiger partial charge in [-0.2, -0.15) is 0 Å². The number of nitrogen functional groups attached to an aromatic ring is 1. The lowest BCUT2D eigenvalue weighted by molar-refractivity contribution is -0.150. The Morgan fingerprint density at radius 1 is 1.49 bits per heavy atom. The molecule has 4 heterocycles. The van der Waals surface area contributed by atoms with Crippen LogP contribution in [0.1, 0.15) is 19.5 Å². The summed E-state index contributed by atoms with van der Waals surface area (Å²) in [5, 5.41) is 29.6. The van der Waals surface area contributed by atoms with Crippen LogP contribution in [0, 0.1) is 0 Å². The van der Waals surface area contributed by atoms with E-state index in [4.69, 9.17) is 10.6 Å². The van der Waals surface area contributed by atoms with E-state index in [0.29, 0.717) is 23.0 Å². The van der Waals surface area contributed by atoms with Gasteiger partial charge in [0.05, 0.1) is 6.54 Å². The third-order valence-electron chi connectivity index (χ3n) is 5.05. The van der Waals surface area contributed by atoms with E-state index in [-0.39, 0.29) is 34.1 Å². The zero-order chi connectivity index (χ0) is 26.7. The molecule has 1 fully saturated rings. The summed E-state index contributed by atoms with van der Waals surface area (Å²) >= 11 is 3.75. The van der Waals surface area contributed by atoms with Crippen LogP contribution < -0.4 is 11.1 Å². The number of β-lactam (4-membered cyclic amide) rings is 1. The maximum Gasteiger partial charge on any atom is 0.352 e. The van der Waals surface area contributed by atoms with E-state index in [0.717, 1.165) is 11.3 Å². The number of fused-ring (bicyclic) bond motifs is 1. The number of hydrogen-bond acceptors (Lipinski definition) is 13. The molecule has 4 rings (SSSR count). The Hall–Kier alpha value is -3.44. The third kappa shape index (κ3) is 5.62. The van der Waals surface area contributed by atoms with E-state index in [2.05, 4.69) is 37.6 Å². The molecular formula is C20H23N9O5S3. The number of hydrogen-bond donors (Lipinski definition) is 3. The lowest BCUT2D eigenvalue weighted by atomic mass is 10.0. The quantitative estimate of drug-likeness (QED) is 0.113. The fourth-order valence-corrected chi connectivity index (χ4v) is 6.37. The fraction of sp³-hybridized carbons (Fsp3) is 0.400. The first-order valence-electron chi connectivity index (χ1n) is 10.9. The van der Waals surface area contributed by atoms with Crippen molar-refractivity contribution in [3.8, 4) is 0 Å². The number of rotatable bonds is 11. The first-order chi connectivity index (χ1) is 17.7. The van der Waals surface area contributed by atoms with Crippen molar-refractivity contribution < 1.29 is 24.3 Å². The average molecular weight is 566 g/mol. The molecule has 2 atom stereocenters. The number of anilines is 1. The normalized spacial score (nSPS) is 19.5. The predicted octanol–water partition coefficient (Wildman–Crippen LogP) is 0.558. The standard InChI is InChI=1S/C20H23N9O5S3/c1-4-5-28-20(24-26-27-28)37-7-10-6-35-17-13(16(31)29(17)14(10)18(32)33)23-15(30)12(25-34-9(2)3)11-8-36-19(21)22-11/h4,8-9,13,17H,1,5-7H2,2-3H3,(H2,21,22)(H,23,30)(H,32,33)/b25-12-/t13?,17-/m1/s1. The fourth-order valence-electron chi connectivity index (χ4n) is 3.45. The highest BCUT2D eigenvalue weighted by Crippen LogP contribution is 2.41. The predicted molar refractivity (Wildman–Crippen MR) is 138 cm³/mol. The van der Waals surface area contributed by atoms with Gasteiger partial charge in [0, 0.05) is 16.9 Å². The molecule has 196 valence electrons. The van der Waals surface area contributed by atoms with Gasteiger partial charge in [-0.25, -0.2) is 14.5 Å². The highest BCUT2D eigenvalue weighted by atomic mass is 32.2. The Morgan fingerprint density at radius 2 is 2.27 bits per heavy atom. The van der Waals surface area contributed by atoms with Gasteiger partial charge in [-0.15, -0.1) is 34.8 Å². The van der Waals surface area contributed by atoms with Gasteiger partial charge in [0.1, 0.15) is 28.9 Å². The van der Waals surface area contributed by atoms with Crippen LogP contribution in [0.3, 0.4) is 0 Å². The molecule has 0 aliphatic carbocycles.